The molecule has 0 bridgehead atoms. The third kappa shape index (κ3) is 5.20. The molecule has 0 aromatic rings. The molecule has 5 nitrogen and oxygen atoms in total. The zero-order chi connectivity index (χ0) is 10.3. The molecule has 0 aliphatic heterocycles. The van der Waals surface area contributed by atoms with Crippen LogP contribution in [0.2, 0.25) is 0 Å². The van der Waals surface area contributed by atoms with Gasteiger partial charge in [-0.15, -0.1) is 0 Å². The van der Waals surface area contributed by atoms with E-state index >= 15 is 0 Å². The van der Waals surface area contributed by atoms with Crippen molar-refractivity contribution in [2.45, 2.75) is 6.92 Å². The Bertz CT molecular complexity index is 215. The zero-order valence-electron chi connectivity index (χ0n) is 8.06. The van der Waals surface area contributed by atoms with Crippen LogP contribution in [0.3, 0.4) is 0 Å². The van der Waals surface area contributed by atoms with E-state index in [1.807, 2.05) is 0 Å². The molecule has 0 saturated heterocycles. The summed E-state index contributed by atoms with van der Waals surface area (Å²) in [6.45, 7) is 2.46. The number of sulfonamides is 1. The van der Waals surface area contributed by atoms with Crippen LogP contribution in [0, 0.1) is 0 Å². The van der Waals surface area contributed by atoms with E-state index in [1.54, 1.807) is 6.92 Å². The highest BCUT2D eigenvalue weighted by Gasteiger charge is 2.13. The third-order valence-electron chi connectivity index (χ3n) is 1.63. The Hall–Kier alpha value is -0.170. The van der Waals surface area contributed by atoms with E-state index in [-0.39, 0.29) is 19.0 Å². The Balaban J connectivity index is 3.69. The van der Waals surface area contributed by atoms with Crippen molar-refractivity contribution in [3.05, 3.63) is 0 Å². The van der Waals surface area contributed by atoms with Gasteiger partial charge >= 0.3 is 0 Å². The van der Waals surface area contributed by atoms with E-state index in [2.05, 4.69) is 0 Å². The van der Waals surface area contributed by atoms with Crippen molar-refractivity contribution in [3.63, 3.8) is 0 Å². The highest BCUT2D eigenvalue weighted by molar-refractivity contribution is 7.89. The lowest BCUT2D eigenvalue weighted by Gasteiger charge is -2.15. The summed E-state index contributed by atoms with van der Waals surface area (Å²) in [5, 5.41) is 8.38. The summed E-state index contributed by atoms with van der Waals surface area (Å²) < 4.78 is 28.6. The quantitative estimate of drug-likeness (QED) is 0.564. The second kappa shape index (κ2) is 6.31. The Morgan fingerprint density at radius 2 is 2.00 bits per heavy atom. The zero-order valence-corrected chi connectivity index (χ0v) is 8.88. The van der Waals surface area contributed by atoms with E-state index < -0.39 is 10.0 Å². The normalized spacial score (nSPS) is 12.3. The highest BCUT2D eigenvalue weighted by atomic mass is 32.2. The van der Waals surface area contributed by atoms with E-state index in [0.29, 0.717) is 13.2 Å². The number of hydrogen-bond donors (Lipinski definition) is 1. The largest absolute Gasteiger partial charge is 0.394 e. The van der Waals surface area contributed by atoms with Crippen molar-refractivity contribution in [2.24, 2.45) is 0 Å². The molecule has 13 heavy (non-hydrogen) atoms. The van der Waals surface area contributed by atoms with E-state index in [4.69, 9.17) is 9.84 Å². The van der Waals surface area contributed by atoms with Gasteiger partial charge in [0, 0.05) is 13.6 Å². The van der Waals surface area contributed by atoms with Crippen molar-refractivity contribution >= 4 is 10.0 Å². The molecule has 6 heteroatoms. The monoisotopic (exact) mass is 211 g/mol. The fourth-order valence-electron chi connectivity index (χ4n) is 0.719. The Morgan fingerprint density at radius 3 is 2.46 bits per heavy atom. The Kier molecular flexibility index (Phi) is 6.23. The van der Waals surface area contributed by atoms with Crippen LogP contribution in [0.1, 0.15) is 6.92 Å². The van der Waals surface area contributed by atoms with Crippen LogP contribution in [0.5, 0.6) is 0 Å². The topological polar surface area (TPSA) is 66.8 Å². The maximum Gasteiger partial charge on any atom is 0.213 e. The summed E-state index contributed by atoms with van der Waals surface area (Å²) in [5.74, 6) is 0.101. The van der Waals surface area contributed by atoms with Gasteiger partial charge in [-0.1, -0.05) is 0 Å². The maximum absolute atomic E-state index is 11.2. The summed E-state index contributed by atoms with van der Waals surface area (Å²) in [7, 11) is -1.58. The molecule has 0 fully saturated rings. The molecular formula is C7H17NO4S. The number of hydrogen-bond acceptors (Lipinski definition) is 4. The molecule has 0 rings (SSSR count). The molecular weight excluding hydrogens is 194 g/mol. The molecule has 0 unspecified atom stereocenters. The first-order valence-electron chi connectivity index (χ1n) is 4.17. The molecule has 0 heterocycles. The van der Waals surface area contributed by atoms with Gasteiger partial charge in [0.25, 0.3) is 0 Å². The van der Waals surface area contributed by atoms with Gasteiger partial charge in [0.05, 0.1) is 25.6 Å². The van der Waals surface area contributed by atoms with Gasteiger partial charge in [0.15, 0.2) is 0 Å². The molecule has 0 radical (unpaired) electrons. The fraction of sp³-hybridized carbons (Fsp3) is 1.00. The predicted octanol–water partition coefficient (Wildman–Crippen LogP) is -0.723. The summed E-state index contributed by atoms with van der Waals surface area (Å²) in [4.78, 5) is 0. The number of aliphatic hydroxyl groups excluding tert-OH is 1. The van der Waals surface area contributed by atoms with Crippen LogP contribution in [-0.2, 0) is 14.8 Å². The first-order valence-corrected chi connectivity index (χ1v) is 5.78. The van der Waals surface area contributed by atoms with Gasteiger partial charge < -0.3 is 9.84 Å². The number of aliphatic hydroxyl groups is 1. The minimum absolute atomic E-state index is 0.0375. The molecule has 0 aromatic carbocycles. The minimum Gasteiger partial charge on any atom is -0.394 e. The van der Waals surface area contributed by atoms with Gasteiger partial charge in [0.1, 0.15) is 0 Å². The minimum atomic E-state index is -3.09. The summed E-state index contributed by atoms with van der Waals surface area (Å²) >= 11 is 0. The molecule has 0 amide bonds. The fourth-order valence-corrected chi connectivity index (χ4v) is 1.51. The molecule has 0 aliphatic carbocycles. The summed E-state index contributed by atoms with van der Waals surface area (Å²) in [6.07, 6.45) is 0. The van der Waals surface area contributed by atoms with E-state index in [9.17, 15) is 8.42 Å². The van der Waals surface area contributed by atoms with Gasteiger partial charge in [-0.25, -0.2) is 12.7 Å². The molecule has 0 atom stereocenters. The van der Waals surface area contributed by atoms with Crippen molar-refractivity contribution in [1.82, 2.24) is 4.31 Å². The Morgan fingerprint density at radius 1 is 1.38 bits per heavy atom. The van der Waals surface area contributed by atoms with Crippen molar-refractivity contribution < 1.29 is 18.3 Å². The van der Waals surface area contributed by atoms with Gasteiger partial charge in [-0.05, 0) is 6.92 Å². The highest BCUT2D eigenvalue weighted by Crippen LogP contribution is 1.96. The smallest absolute Gasteiger partial charge is 0.213 e. The van der Waals surface area contributed by atoms with Gasteiger partial charge in [-0.2, -0.15) is 0 Å². The molecule has 0 saturated carbocycles. The molecule has 0 aromatic heterocycles. The van der Waals surface area contributed by atoms with Crippen molar-refractivity contribution in [2.75, 3.05) is 39.2 Å². The number of rotatable bonds is 7. The molecule has 1 N–H and O–H groups in total. The first-order chi connectivity index (χ1) is 6.04. The predicted molar refractivity (Wildman–Crippen MR) is 50.0 cm³/mol. The summed E-state index contributed by atoms with van der Waals surface area (Å²) in [6, 6.07) is 0. The average Bonchev–Trinajstić information content (AvgIpc) is 2.12. The average molecular weight is 211 g/mol. The molecule has 0 aliphatic rings. The second-order valence-electron chi connectivity index (χ2n) is 2.56. The first kappa shape index (κ1) is 12.8. The molecule has 0 spiro atoms. The van der Waals surface area contributed by atoms with Crippen molar-refractivity contribution in [1.29, 1.82) is 0 Å². The SMILES string of the molecule is CCS(=O)(=O)N(C)CCOCCO. The van der Waals surface area contributed by atoms with Crippen LogP contribution >= 0.6 is 0 Å². The third-order valence-corrected chi connectivity index (χ3v) is 3.49. The van der Waals surface area contributed by atoms with Crippen LogP contribution in [0.15, 0.2) is 0 Å². The van der Waals surface area contributed by atoms with Crippen molar-refractivity contribution in [3.8, 4) is 0 Å². The van der Waals surface area contributed by atoms with Crippen LogP contribution in [0.25, 0.3) is 0 Å². The van der Waals surface area contributed by atoms with Crippen LogP contribution in [-0.4, -0.2) is 57.0 Å². The van der Waals surface area contributed by atoms with Crippen LogP contribution in [0.4, 0.5) is 0 Å². The van der Waals surface area contributed by atoms with Gasteiger partial charge in [-0.3, -0.25) is 0 Å². The summed E-state index contributed by atoms with van der Waals surface area (Å²) in [5.41, 5.74) is 0. The number of ether oxygens (including phenoxy) is 1. The van der Waals surface area contributed by atoms with Gasteiger partial charge in [0.2, 0.25) is 10.0 Å². The van der Waals surface area contributed by atoms with E-state index in [1.165, 1.54) is 11.4 Å². The number of nitrogens with zero attached hydrogens (tertiary/aromatic N) is 1. The Labute approximate surface area is 79.4 Å². The lowest BCUT2D eigenvalue weighted by Crippen LogP contribution is -2.31. The molecule has 80 valence electrons. The second-order valence-corrected chi connectivity index (χ2v) is 4.92. The maximum atomic E-state index is 11.2. The standard InChI is InChI=1S/C7H17NO4S/c1-3-13(10,11)8(2)4-6-12-7-5-9/h9H,3-7H2,1-2H3. The lowest BCUT2D eigenvalue weighted by atomic mass is 10.7. The van der Waals surface area contributed by atoms with Crippen LogP contribution < -0.4 is 0 Å². The number of likely N-dealkylation sites (N-methyl/N-ethyl adjacent to an activating group) is 1. The lowest BCUT2D eigenvalue weighted by molar-refractivity contribution is 0.0877. The van der Waals surface area contributed by atoms with E-state index in [0.717, 1.165) is 0 Å².